The summed E-state index contributed by atoms with van der Waals surface area (Å²) in [5, 5.41) is 3.73. The van der Waals surface area contributed by atoms with Gasteiger partial charge in [0.1, 0.15) is 0 Å². The molecule has 1 aliphatic rings. The molecule has 0 aliphatic heterocycles. The number of benzene rings is 1. The summed E-state index contributed by atoms with van der Waals surface area (Å²) >= 11 is 0. The average Bonchev–Trinajstić information content (AvgIpc) is 3.07. The Bertz CT molecular complexity index is 614. The van der Waals surface area contributed by atoms with Crippen molar-refractivity contribution in [3.63, 3.8) is 0 Å². The standard InChI is InChI=1S/C14H15FN2O.C2H6/c1-9-2-3-10-7-11(17-12(10)6-9)8-16-13(18)14(15)4-5-14;1-2/h2-3,6-7,17H,4-5,8H2,1H3,(H,16,18);1-2H3. The molecule has 4 heteroatoms. The molecule has 1 heterocycles. The van der Waals surface area contributed by atoms with Gasteiger partial charge in [-0.1, -0.05) is 26.0 Å². The quantitative estimate of drug-likeness (QED) is 0.883. The zero-order chi connectivity index (χ0) is 14.8. The van der Waals surface area contributed by atoms with Crippen molar-refractivity contribution in [2.24, 2.45) is 0 Å². The number of aromatic nitrogens is 1. The summed E-state index contributed by atoms with van der Waals surface area (Å²) in [7, 11) is 0. The molecule has 20 heavy (non-hydrogen) atoms. The number of fused-ring (bicyclic) bond motifs is 1. The second kappa shape index (κ2) is 5.65. The lowest BCUT2D eigenvalue weighted by atomic mass is 10.2. The van der Waals surface area contributed by atoms with Gasteiger partial charge in [-0.05, 0) is 42.8 Å². The molecule has 2 N–H and O–H groups in total. The number of carbonyl (C=O) groups is 1. The molecule has 1 saturated carbocycles. The monoisotopic (exact) mass is 276 g/mol. The molecule has 3 nitrogen and oxygen atoms in total. The molecular formula is C16H21FN2O. The van der Waals surface area contributed by atoms with E-state index < -0.39 is 11.6 Å². The van der Waals surface area contributed by atoms with Crippen molar-refractivity contribution in [3.8, 4) is 0 Å². The zero-order valence-corrected chi connectivity index (χ0v) is 12.2. The van der Waals surface area contributed by atoms with Crippen molar-refractivity contribution in [1.82, 2.24) is 10.3 Å². The highest BCUT2D eigenvalue weighted by atomic mass is 19.1. The number of alkyl halides is 1. The van der Waals surface area contributed by atoms with Crippen LogP contribution in [0.25, 0.3) is 10.9 Å². The lowest BCUT2D eigenvalue weighted by Gasteiger charge is -2.05. The van der Waals surface area contributed by atoms with Crippen LogP contribution in [0.4, 0.5) is 4.39 Å². The Hall–Kier alpha value is -1.84. The first kappa shape index (κ1) is 14.6. The highest BCUT2D eigenvalue weighted by molar-refractivity contribution is 5.88. The van der Waals surface area contributed by atoms with Gasteiger partial charge in [0.2, 0.25) is 0 Å². The van der Waals surface area contributed by atoms with Gasteiger partial charge in [-0.2, -0.15) is 0 Å². The summed E-state index contributed by atoms with van der Waals surface area (Å²) < 4.78 is 13.4. The van der Waals surface area contributed by atoms with Gasteiger partial charge in [-0.25, -0.2) is 4.39 Å². The molecule has 0 saturated heterocycles. The van der Waals surface area contributed by atoms with E-state index in [4.69, 9.17) is 0 Å². The zero-order valence-electron chi connectivity index (χ0n) is 12.2. The minimum Gasteiger partial charge on any atom is -0.357 e. The highest BCUT2D eigenvalue weighted by Crippen LogP contribution is 2.39. The van der Waals surface area contributed by atoms with Crippen LogP contribution in [-0.2, 0) is 11.3 Å². The second-order valence-electron chi connectivity index (χ2n) is 5.03. The summed E-state index contributed by atoms with van der Waals surface area (Å²) in [6.07, 6.45) is 0.704. The molecule has 0 spiro atoms. The predicted molar refractivity (Wildman–Crippen MR) is 79.3 cm³/mol. The molecule has 1 fully saturated rings. The fraction of sp³-hybridized carbons (Fsp3) is 0.438. The number of rotatable bonds is 3. The third-order valence-electron chi connectivity index (χ3n) is 3.37. The molecule has 1 aromatic carbocycles. The number of H-pyrrole nitrogens is 1. The van der Waals surface area contributed by atoms with Crippen LogP contribution < -0.4 is 5.32 Å². The smallest absolute Gasteiger partial charge is 0.257 e. The van der Waals surface area contributed by atoms with Crippen LogP contribution in [0.15, 0.2) is 24.3 Å². The molecule has 1 aromatic heterocycles. The Morgan fingerprint density at radius 2 is 2.05 bits per heavy atom. The van der Waals surface area contributed by atoms with Crippen LogP contribution in [0.1, 0.15) is 37.9 Å². The molecule has 0 unspecified atom stereocenters. The van der Waals surface area contributed by atoms with Crippen molar-refractivity contribution >= 4 is 16.8 Å². The Labute approximate surface area is 118 Å². The minimum absolute atomic E-state index is 0.345. The Balaban J connectivity index is 0.000000704. The fourth-order valence-electron chi connectivity index (χ4n) is 2.07. The van der Waals surface area contributed by atoms with Crippen LogP contribution in [0.5, 0.6) is 0 Å². The summed E-state index contributed by atoms with van der Waals surface area (Å²) in [5.41, 5.74) is 1.53. The molecule has 1 amide bonds. The Kier molecular flexibility index (Phi) is 4.12. The van der Waals surface area contributed by atoms with E-state index in [0.29, 0.717) is 19.4 Å². The van der Waals surface area contributed by atoms with Crippen LogP contribution >= 0.6 is 0 Å². The lowest BCUT2D eigenvalue weighted by Crippen LogP contribution is -2.32. The van der Waals surface area contributed by atoms with E-state index in [-0.39, 0.29) is 0 Å². The SMILES string of the molecule is CC.Cc1ccc2cc(CNC(=O)C3(F)CC3)[nH]c2c1. The van der Waals surface area contributed by atoms with E-state index in [1.54, 1.807) is 0 Å². The fourth-order valence-corrected chi connectivity index (χ4v) is 2.07. The molecule has 0 bridgehead atoms. The number of aromatic amines is 1. The van der Waals surface area contributed by atoms with Gasteiger partial charge in [0.25, 0.3) is 5.91 Å². The topological polar surface area (TPSA) is 44.9 Å². The molecule has 1 aliphatic carbocycles. The first-order valence-electron chi connectivity index (χ1n) is 7.12. The number of aryl methyl sites for hydroxylation is 1. The van der Waals surface area contributed by atoms with E-state index in [0.717, 1.165) is 16.6 Å². The normalized spacial score (nSPS) is 15.4. The summed E-state index contributed by atoms with van der Waals surface area (Å²) in [6.45, 7) is 6.37. The van der Waals surface area contributed by atoms with Crippen molar-refractivity contribution in [2.75, 3.05) is 0 Å². The number of hydrogen-bond donors (Lipinski definition) is 2. The van der Waals surface area contributed by atoms with Gasteiger partial charge in [-0.3, -0.25) is 4.79 Å². The molecular weight excluding hydrogens is 255 g/mol. The number of nitrogens with one attached hydrogen (secondary N) is 2. The van der Waals surface area contributed by atoms with Crippen molar-refractivity contribution in [3.05, 3.63) is 35.5 Å². The first-order valence-corrected chi connectivity index (χ1v) is 7.12. The van der Waals surface area contributed by atoms with Gasteiger partial charge in [0, 0.05) is 11.2 Å². The van der Waals surface area contributed by atoms with Crippen LogP contribution in [0.3, 0.4) is 0 Å². The maximum Gasteiger partial charge on any atom is 0.257 e. The Morgan fingerprint density at radius 3 is 2.70 bits per heavy atom. The van der Waals surface area contributed by atoms with Gasteiger partial charge >= 0.3 is 0 Å². The number of carbonyl (C=O) groups excluding carboxylic acids is 1. The van der Waals surface area contributed by atoms with Crippen molar-refractivity contribution in [2.45, 2.75) is 45.8 Å². The van der Waals surface area contributed by atoms with E-state index in [1.165, 1.54) is 5.56 Å². The third kappa shape index (κ3) is 3.00. The van der Waals surface area contributed by atoms with E-state index in [1.807, 2.05) is 39.0 Å². The summed E-state index contributed by atoms with van der Waals surface area (Å²) in [4.78, 5) is 14.7. The summed E-state index contributed by atoms with van der Waals surface area (Å²) in [6, 6.07) is 8.11. The number of hydrogen-bond acceptors (Lipinski definition) is 1. The maximum atomic E-state index is 13.4. The molecule has 0 radical (unpaired) electrons. The molecule has 3 rings (SSSR count). The van der Waals surface area contributed by atoms with Crippen molar-refractivity contribution in [1.29, 1.82) is 0 Å². The van der Waals surface area contributed by atoms with Crippen LogP contribution in [-0.4, -0.2) is 16.6 Å². The van der Waals surface area contributed by atoms with Gasteiger partial charge in [0.15, 0.2) is 5.67 Å². The van der Waals surface area contributed by atoms with Gasteiger partial charge in [0.05, 0.1) is 6.54 Å². The number of halogens is 1. The average molecular weight is 276 g/mol. The lowest BCUT2D eigenvalue weighted by molar-refractivity contribution is -0.127. The number of amides is 1. The van der Waals surface area contributed by atoms with Crippen molar-refractivity contribution < 1.29 is 9.18 Å². The molecule has 108 valence electrons. The first-order chi connectivity index (χ1) is 9.57. The second-order valence-corrected chi connectivity index (χ2v) is 5.03. The molecule has 2 aromatic rings. The minimum atomic E-state index is -1.59. The third-order valence-corrected chi connectivity index (χ3v) is 3.37. The summed E-state index contributed by atoms with van der Waals surface area (Å²) in [5.74, 6) is -0.489. The maximum absolute atomic E-state index is 13.4. The van der Waals surface area contributed by atoms with Gasteiger partial charge < -0.3 is 10.3 Å². The Morgan fingerprint density at radius 1 is 1.35 bits per heavy atom. The van der Waals surface area contributed by atoms with Gasteiger partial charge in [-0.15, -0.1) is 0 Å². The van der Waals surface area contributed by atoms with Crippen LogP contribution in [0, 0.1) is 6.92 Å². The predicted octanol–water partition coefficient (Wildman–Crippen LogP) is 3.62. The largest absolute Gasteiger partial charge is 0.357 e. The van der Waals surface area contributed by atoms with E-state index in [2.05, 4.69) is 16.4 Å². The molecule has 0 atom stereocenters. The van der Waals surface area contributed by atoms with E-state index >= 15 is 0 Å². The highest BCUT2D eigenvalue weighted by Gasteiger charge is 2.50. The van der Waals surface area contributed by atoms with E-state index in [9.17, 15) is 9.18 Å². The van der Waals surface area contributed by atoms with Crippen LogP contribution in [0.2, 0.25) is 0 Å².